The lowest BCUT2D eigenvalue weighted by Gasteiger charge is -2.28. The van der Waals surface area contributed by atoms with E-state index in [9.17, 15) is 5.26 Å². The van der Waals surface area contributed by atoms with Gasteiger partial charge in [0.25, 0.3) is 0 Å². The predicted molar refractivity (Wildman–Crippen MR) is 119 cm³/mol. The van der Waals surface area contributed by atoms with Crippen molar-refractivity contribution in [3.05, 3.63) is 76.2 Å². The standard InChI is InChI=1S/C23H21N3S2/c1-26-12-11-18-20(16-26)19(15-24)23(25-22(18)21-10-6-13-27-21)28-14-5-9-17-7-3-2-4-8-17/h2-10,13H,11-12,14,16H2,1H3. The molecule has 0 spiro atoms. The van der Waals surface area contributed by atoms with Crippen LogP contribution in [-0.4, -0.2) is 29.2 Å². The summed E-state index contributed by atoms with van der Waals surface area (Å²) in [6, 6.07) is 16.9. The second-order valence-electron chi connectivity index (χ2n) is 6.80. The molecule has 3 aromatic rings. The molecule has 2 aromatic heterocycles. The van der Waals surface area contributed by atoms with Crippen molar-refractivity contribution in [1.82, 2.24) is 9.88 Å². The predicted octanol–water partition coefficient (Wildman–Crippen LogP) is 5.48. The Bertz CT molecular complexity index is 1020. The fourth-order valence-electron chi connectivity index (χ4n) is 3.46. The molecule has 0 saturated heterocycles. The molecule has 140 valence electrons. The normalized spacial score (nSPS) is 14.1. The maximum Gasteiger partial charge on any atom is 0.115 e. The number of nitriles is 1. The number of fused-ring (bicyclic) bond motifs is 1. The number of aromatic nitrogens is 1. The summed E-state index contributed by atoms with van der Waals surface area (Å²) in [5.74, 6) is 0.787. The minimum absolute atomic E-state index is 0.750. The summed E-state index contributed by atoms with van der Waals surface area (Å²) >= 11 is 3.36. The van der Waals surface area contributed by atoms with E-state index in [1.54, 1.807) is 23.1 Å². The lowest BCUT2D eigenvalue weighted by Crippen LogP contribution is -2.28. The highest BCUT2D eigenvalue weighted by Gasteiger charge is 2.25. The van der Waals surface area contributed by atoms with Crippen LogP contribution in [0.1, 0.15) is 22.3 Å². The Balaban J connectivity index is 1.66. The first-order chi connectivity index (χ1) is 13.8. The van der Waals surface area contributed by atoms with E-state index in [4.69, 9.17) is 4.98 Å². The molecule has 0 bridgehead atoms. The van der Waals surface area contributed by atoms with E-state index in [-0.39, 0.29) is 0 Å². The van der Waals surface area contributed by atoms with Crippen LogP contribution in [-0.2, 0) is 13.0 Å². The Morgan fingerprint density at radius 3 is 2.82 bits per heavy atom. The largest absolute Gasteiger partial charge is 0.302 e. The van der Waals surface area contributed by atoms with Gasteiger partial charge in [0.2, 0.25) is 0 Å². The molecule has 1 aromatic carbocycles. The Labute approximate surface area is 174 Å². The Morgan fingerprint density at radius 1 is 1.21 bits per heavy atom. The van der Waals surface area contributed by atoms with Crippen LogP contribution in [0.25, 0.3) is 16.6 Å². The van der Waals surface area contributed by atoms with Crippen molar-refractivity contribution in [2.24, 2.45) is 0 Å². The first-order valence-electron chi connectivity index (χ1n) is 9.29. The topological polar surface area (TPSA) is 39.9 Å². The van der Waals surface area contributed by atoms with Gasteiger partial charge in [-0.25, -0.2) is 4.98 Å². The van der Waals surface area contributed by atoms with Gasteiger partial charge in [-0.05, 0) is 41.6 Å². The monoisotopic (exact) mass is 403 g/mol. The molecule has 1 aliphatic rings. The van der Waals surface area contributed by atoms with Gasteiger partial charge >= 0.3 is 0 Å². The first-order valence-corrected chi connectivity index (χ1v) is 11.2. The molecule has 0 saturated carbocycles. The number of likely N-dealkylation sites (N-methyl/N-ethyl adjacent to an activating group) is 1. The fraction of sp³-hybridized carbons (Fsp3) is 0.217. The van der Waals surface area contributed by atoms with E-state index in [1.807, 2.05) is 18.2 Å². The van der Waals surface area contributed by atoms with Gasteiger partial charge in [0.05, 0.1) is 16.1 Å². The number of rotatable bonds is 5. The molecule has 4 rings (SSSR count). The SMILES string of the molecule is CN1CCc2c(-c3cccs3)nc(SCC=Cc3ccccc3)c(C#N)c2C1. The molecule has 3 heterocycles. The van der Waals surface area contributed by atoms with Gasteiger partial charge < -0.3 is 4.90 Å². The van der Waals surface area contributed by atoms with E-state index in [0.717, 1.165) is 47.1 Å². The summed E-state index contributed by atoms with van der Waals surface area (Å²) in [4.78, 5) is 8.44. The third-order valence-corrected chi connectivity index (χ3v) is 6.65. The summed E-state index contributed by atoms with van der Waals surface area (Å²) in [6.07, 6.45) is 5.20. The van der Waals surface area contributed by atoms with Crippen LogP contribution in [0.15, 0.2) is 58.9 Å². The Hall–Kier alpha value is -2.39. The fourth-order valence-corrected chi connectivity index (χ4v) is 5.02. The Morgan fingerprint density at radius 2 is 2.07 bits per heavy atom. The highest BCUT2D eigenvalue weighted by molar-refractivity contribution is 7.99. The van der Waals surface area contributed by atoms with E-state index in [1.165, 1.54) is 16.0 Å². The van der Waals surface area contributed by atoms with Crippen LogP contribution in [0.5, 0.6) is 0 Å². The molecule has 28 heavy (non-hydrogen) atoms. The third kappa shape index (κ3) is 4.05. The van der Waals surface area contributed by atoms with E-state index in [0.29, 0.717) is 0 Å². The number of nitrogens with zero attached hydrogens (tertiary/aromatic N) is 3. The van der Waals surface area contributed by atoms with Crippen molar-refractivity contribution in [1.29, 1.82) is 5.26 Å². The summed E-state index contributed by atoms with van der Waals surface area (Å²) < 4.78 is 0. The number of pyridine rings is 1. The van der Waals surface area contributed by atoms with Crippen LogP contribution in [0.3, 0.4) is 0 Å². The van der Waals surface area contributed by atoms with Crippen molar-refractivity contribution >= 4 is 29.2 Å². The average molecular weight is 404 g/mol. The van der Waals surface area contributed by atoms with Gasteiger partial charge in [0.15, 0.2) is 0 Å². The van der Waals surface area contributed by atoms with Crippen LogP contribution >= 0.6 is 23.1 Å². The first kappa shape index (κ1) is 18.9. The molecule has 0 unspecified atom stereocenters. The minimum atomic E-state index is 0.750. The highest BCUT2D eigenvalue weighted by Crippen LogP contribution is 2.37. The van der Waals surface area contributed by atoms with Crippen molar-refractivity contribution in [3.8, 4) is 16.6 Å². The zero-order valence-electron chi connectivity index (χ0n) is 15.8. The van der Waals surface area contributed by atoms with Gasteiger partial charge in [0, 0.05) is 18.8 Å². The highest BCUT2D eigenvalue weighted by atomic mass is 32.2. The van der Waals surface area contributed by atoms with Crippen molar-refractivity contribution in [2.75, 3.05) is 19.3 Å². The molecule has 0 fully saturated rings. The molecule has 0 atom stereocenters. The average Bonchev–Trinajstić information content (AvgIpc) is 3.25. The molecule has 5 heteroatoms. The van der Waals surface area contributed by atoms with Crippen LogP contribution < -0.4 is 0 Å². The summed E-state index contributed by atoms with van der Waals surface area (Å²) in [5.41, 5.74) is 5.40. The molecule has 0 aliphatic carbocycles. The number of thiophene rings is 1. The van der Waals surface area contributed by atoms with Gasteiger partial charge in [-0.15, -0.1) is 23.1 Å². The number of hydrogen-bond acceptors (Lipinski definition) is 5. The second-order valence-corrected chi connectivity index (χ2v) is 8.76. The summed E-state index contributed by atoms with van der Waals surface area (Å²) in [7, 11) is 2.12. The summed E-state index contributed by atoms with van der Waals surface area (Å²) in [5, 5.41) is 12.8. The number of thioether (sulfide) groups is 1. The molecule has 1 aliphatic heterocycles. The maximum absolute atomic E-state index is 9.88. The van der Waals surface area contributed by atoms with Crippen molar-refractivity contribution in [2.45, 2.75) is 18.0 Å². The molecule has 0 radical (unpaired) electrons. The summed E-state index contributed by atoms with van der Waals surface area (Å²) in [6.45, 7) is 1.82. The molecule has 0 N–H and O–H groups in total. The van der Waals surface area contributed by atoms with Gasteiger partial charge in [-0.3, -0.25) is 0 Å². The lowest BCUT2D eigenvalue weighted by atomic mass is 9.94. The number of hydrogen-bond donors (Lipinski definition) is 0. The molecular weight excluding hydrogens is 382 g/mol. The Kier molecular flexibility index (Phi) is 5.92. The van der Waals surface area contributed by atoms with Crippen molar-refractivity contribution in [3.63, 3.8) is 0 Å². The second kappa shape index (κ2) is 8.74. The zero-order chi connectivity index (χ0) is 19.3. The molecular formula is C23H21N3S2. The lowest BCUT2D eigenvalue weighted by molar-refractivity contribution is 0.312. The van der Waals surface area contributed by atoms with E-state index >= 15 is 0 Å². The quantitative estimate of drug-likeness (QED) is 0.529. The van der Waals surface area contributed by atoms with E-state index in [2.05, 4.69) is 59.8 Å². The van der Waals surface area contributed by atoms with Gasteiger partial charge in [-0.2, -0.15) is 5.26 Å². The van der Waals surface area contributed by atoms with Crippen LogP contribution in [0.4, 0.5) is 0 Å². The molecule has 3 nitrogen and oxygen atoms in total. The van der Waals surface area contributed by atoms with Gasteiger partial charge in [-0.1, -0.05) is 48.6 Å². The van der Waals surface area contributed by atoms with E-state index < -0.39 is 0 Å². The minimum Gasteiger partial charge on any atom is -0.302 e. The smallest absolute Gasteiger partial charge is 0.115 e. The zero-order valence-corrected chi connectivity index (χ0v) is 17.4. The van der Waals surface area contributed by atoms with Crippen LogP contribution in [0, 0.1) is 11.3 Å². The number of benzene rings is 1. The maximum atomic E-state index is 9.88. The van der Waals surface area contributed by atoms with Crippen LogP contribution in [0.2, 0.25) is 0 Å². The van der Waals surface area contributed by atoms with Crippen molar-refractivity contribution < 1.29 is 0 Å². The third-order valence-electron chi connectivity index (χ3n) is 4.84. The van der Waals surface area contributed by atoms with Gasteiger partial charge in [0.1, 0.15) is 11.1 Å². The molecule has 0 amide bonds.